The van der Waals surface area contributed by atoms with Gasteiger partial charge in [0.1, 0.15) is 5.75 Å². The third kappa shape index (κ3) is 2.68. The van der Waals surface area contributed by atoms with Gasteiger partial charge in [0.05, 0.1) is 13.7 Å². The number of ether oxygens (including phenoxy) is 2. The first-order chi connectivity index (χ1) is 8.80. The van der Waals surface area contributed by atoms with Crippen molar-refractivity contribution in [3.05, 3.63) is 29.3 Å². The molecule has 0 spiro atoms. The molecule has 0 saturated heterocycles. The molecule has 1 aromatic rings. The molecule has 0 unspecified atom stereocenters. The standard InChI is InChI=1S/C15H23NO2/c1-4-11(10-17-2)16-14-9-8-13-12(14)6-5-7-15(13)18-3/h5-7,11,14,16H,4,8-10H2,1-3H3/t11-,14-/m1/s1. The van der Waals surface area contributed by atoms with Gasteiger partial charge in [-0.05, 0) is 36.5 Å². The van der Waals surface area contributed by atoms with Crippen LogP contribution in [0.2, 0.25) is 0 Å². The first-order valence-corrected chi connectivity index (χ1v) is 6.70. The summed E-state index contributed by atoms with van der Waals surface area (Å²) < 4.78 is 10.7. The Bertz CT molecular complexity index is 392. The second-order valence-corrected chi connectivity index (χ2v) is 4.85. The molecule has 0 radical (unpaired) electrons. The summed E-state index contributed by atoms with van der Waals surface area (Å²) in [6.45, 7) is 2.96. The first-order valence-electron chi connectivity index (χ1n) is 6.70. The smallest absolute Gasteiger partial charge is 0.122 e. The predicted molar refractivity (Wildman–Crippen MR) is 73.1 cm³/mol. The minimum atomic E-state index is 0.428. The molecule has 3 heteroatoms. The van der Waals surface area contributed by atoms with Gasteiger partial charge in [0.25, 0.3) is 0 Å². The monoisotopic (exact) mass is 249 g/mol. The summed E-state index contributed by atoms with van der Waals surface area (Å²) in [7, 11) is 3.51. The van der Waals surface area contributed by atoms with Gasteiger partial charge in [-0.3, -0.25) is 0 Å². The van der Waals surface area contributed by atoms with Gasteiger partial charge in [0.2, 0.25) is 0 Å². The quantitative estimate of drug-likeness (QED) is 0.841. The molecular weight excluding hydrogens is 226 g/mol. The molecule has 1 aliphatic carbocycles. The molecule has 0 saturated carbocycles. The van der Waals surface area contributed by atoms with E-state index in [0.29, 0.717) is 12.1 Å². The number of hydrogen-bond acceptors (Lipinski definition) is 3. The summed E-state index contributed by atoms with van der Waals surface area (Å²) in [5.41, 5.74) is 2.76. The van der Waals surface area contributed by atoms with Crippen molar-refractivity contribution in [2.24, 2.45) is 0 Å². The van der Waals surface area contributed by atoms with E-state index in [2.05, 4.69) is 24.4 Å². The highest BCUT2D eigenvalue weighted by Gasteiger charge is 2.26. The van der Waals surface area contributed by atoms with E-state index in [-0.39, 0.29) is 0 Å². The number of methoxy groups -OCH3 is 2. The molecule has 2 atom stereocenters. The van der Waals surface area contributed by atoms with E-state index in [1.807, 2.05) is 6.07 Å². The molecule has 1 aliphatic rings. The first kappa shape index (κ1) is 13.4. The number of fused-ring (bicyclic) bond motifs is 1. The van der Waals surface area contributed by atoms with E-state index in [1.54, 1.807) is 14.2 Å². The molecule has 0 aromatic heterocycles. The second-order valence-electron chi connectivity index (χ2n) is 4.85. The SMILES string of the molecule is CC[C@H](COC)N[C@@H]1CCc2c(OC)cccc21. The van der Waals surface area contributed by atoms with Crippen LogP contribution in [0, 0.1) is 0 Å². The van der Waals surface area contributed by atoms with E-state index in [9.17, 15) is 0 Å². The summed E-state index contributed by atoms with van der Waals surface area (Å²) in [6.07, 6.45) is 3.33. The maximum atomic E-state index is 5.43. The maximum Gasteiger partial charge on any atom is 0.122 e. The van der Waals surface area contributed by atoms with Gasteiger partial charge in [0, 0.05) is 19.2 Å². The highest BCUT2D eigenvalue weighted by Crippen LogP contribution is 2.37. The van der Waals surface area contributed by atoms with E-state index < -0.39 is 0 Å². The molecule has 1 aromatic carbocycles. The molecule has 0 aliphatic heterocycles. The Morgan fingerprint density at radius 3 is 2.89 bits per heavy atom. The van der Waals surface area contributed by atoms with E-state index >= 15 is 0 Å². The summed E-state index contributed by atoms with van der Waals surface area (Å²) in [6, 6.07) is 7.21. The largest absolute Gasteiger partial charge is 0.496 e. The van der Waals surface area contributed by atoms with Gasteiger partial charge in [-0.15, -0.1) is 0 Å². The topological polar surface area (TPSA) is 30.5 Å². The van der Waals surface area contributed by atoms with Crippen LogP contribution in [0.4, 0.5) is 0 Å². The van der Waals surface area contributed by atoms with Crippen LogP contribution in [0.5, 0.6) is 5.75 Å². The van der Waals surface area contributed by atoms with Gasteiger partial charge in [-0.2, -0.15) is 0 Å². The Labute approximate surface area is 109 Å². The van der Waals surface area contributed by atoms with Crippen molar-refractivity contribution in [1.82, 2.24) is 5.32 Å². The second kappa shape index (κ2) is 6.21. The van der Waals surface area contributed by atoms with Crippen LogP contribution in [0.15, 0.2) is 18.2 Å². The molecule has 0 fully saturated rings. The van der Waals surface area contributed by atoms with Gasteiger partial charge in [0.15, 0.2) is 0 Å². The van der Waals surface area contributed by atoms with Crippen LogP contribution in [0.3, 0.4) is 0 Å². The summed E-state index contributed by atoms with van der Waals surface area (Å²) in [4.78, 5) is 0. The fourth-order valence-corrected chi connectivity index (χ4v) is 2.75. The minimum Gasteiger partial charge on any atom is -0.496 e. The Morgan fingerprint density at radius 1 is 1.39 bits per heavy atom. The molecule has 0 bridgehead atoms. The fraction of sp³-hybridized carbons (Fsp3) is 0.600. The van der Waals surface area contributed by atoms with Crippen molar-refractivity contribution in [2.45, 2.75) is 38.3 Å². The predicted octanol–water partition coefficient (Wildman–Crippen LogP) is 2.70. The normalized spacial score (nSPS) is 19.6. The zero-order chi connectivity index (χ0) is 13.0. The lowest BCUT2D eigenvalue weighted by atomic mass is 10.1. The number of benzene rings is 1. The van der Waals surface area contributed by atoms with Gasteiger partial charge in [-0.1, -0.05) is 19.1 Å². The molecule has 0 amide bonds. The highest BCUT2D eigenvalue weighted by atomic mass is 16.5. The third-order valence-corrected chi connectivity index (χ3v) is 3.75. The maximum absolute atomic E-state index is 5.43. The molecule has 0 heterocycles. The van der Waals surface area contributed by atoms with Crippen LogP contribution >= 0.6 is 0 Å². The van der Waals surface area contributed by atoms with Crippen LogP contribution < -0.4 is 10.1 Å². The minimum absolute atomic E-state index is 0.428. The molecule has 2 rings (SSSR count). The summed E-state index contributed by atoms with van der Waals surface area (Å²) in [5.74, 6) is 1.02. The molecule has 100 valence electrons. The van der Waals surface area contributed by atoms with Crippen molar-refractivity contribution in [2.75, 3.05) is 20.8 Å². The molecule has 1 N–H and O–H groups in total. The van der Waals surface area contributed by atoms with E-state index in [4.69, 9.17) is 9.47 Å². The van der Waals surface area contributed by atoms with Gasteiger partial charge in [-0.25, -0.2) is 0 Å². The Morgan fingerprint density at radius 2 is 2.22 bits per heavy atom. The van der Waals surface area contributed by atoms with Crippen LogP contribution in [0.1, 0.15) is 36.9 Å². The Hall–Kier alpha value is -1.06. The lowest BCUT2D eigenvalue weighted by molar-refractivity contribution is 0.158. The van der Waals surface area contributed by atoms with E-state index in [0.717, 1.165) is 31.6 Å². The van der Waals surface area contributed by atoms with Crippen molar-refractivity contribution in [3.63, 3.8) is 0 Å². The summed E-state index contributed by atoms with van der Waals surface area (Å²) >= 11 is 0. The lowest BCUT2D eigenvalue weighted by Crippen LogP contribution is -2.34. The zero-order valence-corrected chi connectivity index (χ0v) is 11.5. The van der Waals surface area contributed by atoms with Gasteiger partial charge >= 0.3 is 0 Å². The average molecular weight is 249 g/mol. The highest BCUT2D eigenvalue weighted by molar-refractivity contribution is 5.45. The average Bonchev–Trinajstić information content (AvgIpc) is 2.81. The third-order valence-electron chi connectivity index (χ3n) is 3.75. The lowest BCUT2D eigenvalue weighted by Gasteiger charge is -2.22. The zero-order valence-electron chi connectivity index (χ0n) is 11.5. The molecule has 18 heavy (non-hydrogen) atoms. The number of nitrogens with one attached hydrogen (secondary N) is 1. The number of hydrogen-bond donors (Lipinski definition) is 1. The van der Waals surface area contributed by atoms with Crippen molar-refractivity contribution < 1.29 is 9.47 Å². The number of rotatable bonds is 6. The summed E-state index contributed by atoms with van der Waals surface area (Å²) in [5, 5.41) is 3.69. The molecular formula is C15H23NO2. The van der Waals surface area contributed by atoms with Crippen LogP contribution in [-0.2, 0) is 11.2 Å². The van der Waals surface area contributed by atoms with E-state index in [1.165, 1.54) is 11.1 Å². The van der Waals surface area contributed by atoms with Crippen LogP contribution in [0.25, 0.3) is 0 Å². The Balaban J connectivity index is 2.11. The van der Waals surface area contributed by atoms with Crippen LogP contribution in [-0.4, -0.2) is 26.9 Å². The molecule has 3 nitrogen and oxygen atoms in total. The Kier molecular flexibility index (Phi) is 4.61. The fourth-order valence-electron chi connectivity index (χ4n) is 2.75. The van der Waals surface area contributed by atoms with Crippen molar-refractivity contribution in [3.8, 4) is 5.75 Å². The van der Waals surface area contributed by atoms with Crippen molar-refractivity contribution >= 4 is 0 Å². The van der Waals surface area contributed by atoms with Gasteiger partial charge < -0.3 is 14.8 Å². The van der Waals surface area contributed by atoms with Crippen molar-refractivity contribution in [1.29, 1.82) is 0 Å².